The van der Waals surface area contributed by atoms with Gasteiger partial charge in [0.1, 0.15) is 5.82 Å². The lowest BCUT2D eigenvalue weighted by molar-refractivity contribution is -0.146. The first-order valence-corrected chi connectivity index (χ1v) is 8.33. The molecule has 1 amide bonds. The predicted molar refractivity (Wildman–Crippen MR) is 88.6 cm³/mol. The highest BCUT2D eigenvalue weighted by Gasteiger charge is 2.37. The van der Waals surface area contributed by atoms with Crippen molar-refractivity contribution in [3.63, 3.8) is 0 Å². The van der Waals surface area contributed by atoms with Crippen molar-refractivity contribution in [3.05, 3.63) is 30.6 Å². The number of anilines is 1. The topological polar surface area (TPSA) is 66.6 Å². The first-order chi connectivity index (χ1) is 12.4. The van der Waals surface area contributed by atoms with Crippen molar-refractivity contribution < 1.29 is 18.0 Å². The molecule has 1 fully saturated rings. The Morgan fingerprint density at radius 2 is 2.00 bits per heavy atom. The molecule has 3 heterocycles. The molecule has 0 bridgehead atoms. The van der Waals surface area contributed by atoms with Gasteiger partial charge in [-0.25, -0.2) is 0 Å². The summed E-state index contributed by atoms with van der Waals surface area (Å²) < 4.78 is 39.7. The van der Waals surface area contributed by atoms with Crippen LogP contribution >= 0.6 is 0 Å². The van der Waals surface area contributed by atoms with E-state index in [1.54, 1.807) is 17.0 Å². The maximum Gasteiger partial charge on any atom is 0.453 e. The molecule has 0 aliphatic carbocycles. The summed E-state index contributed by atoms with van der Waals surface area (Å²) in [7, 11) is 0. The monoisotopic (exact) mass is 368 g/mol. The zero-order valence-electron chi connectivity index (χ0n) is 14.1. The van der Waals surface area contributed by atoms with Crippen molar-refractivity contribution in [2.24, 2.45) is 0 Å². The average molecular weight is 368 g/mol. The summed E-state index contributed by atoms with van der Waals surface area (Å²) in [6.45, 7) is 5.84. The zero-order valence-corrected chi connectivity index (χ0v) is 14.1. The summed E-state index contributed by atoms with van der Waals surface area (Å²) in [5.74, 6) is -0.679. The number of nitrogens with zero attached hydrogens (tertiary/aromatic N) is 6. The first-order valence-electron chi connectivity index (χ1n) is 8.33. The summed E-state index contributed by atoms with van der Waals surface area (Å²) in [5.41, 5.74) is 0.0390. The number of fused-ring (bicyclic) bond motifs is 1. The lowest BCUT2D eigenvalue weighted by Gasteiger charge is -2.22. The first kappa shape index (κ1) is 18.2. The van der Waals surface area contributed by atoms with Crippen LogP contribution in [-0.2, 0) is 11.0 Å². The highest BCUT2D eigenvalue weighted by molar-refractivity contribution is 5.76. The van der Waals surface area contributed by atoms with Gasteiger partial charge >= 0.3 is 6.18 Å². The van der Waals surface area contributed by atoms with Crippen molar-refractivity contribution in [3.8, 4) is 0 Å². The molecule has 0 aromatic carbocycles. The summed E-state index contributed by atoms with van der Waals surface area (Å²) in [5, 5.41) is 10.8. The average Bonchev–Trinajstić information content (AvgIpc) is 2.88. The van der Waals surface area contributed by atoms with Crippen molar-refractivity contribution in [2.45, 2.75) is 25.4 Å². The van der Waals surface area contributed by atoms with Crippen LogP contribution in [0.3, 0.4) is 0 Å². The van der Waals surface area contributed by atoms with E-state index in [0.717, 1.165) is 0 Å². The number of aromatic nitrogens is 4. The normalized spacial score (nSPS) is 16.0. The summed E-state index contributed by atoms with van der Waals surface area (Å²) in [6.07, 6.45) is -1.15. The van der Waals surface area contributed by atoms with Crippen LogP contribution in [0.5, 0.6) is 0 Å². The largest absolute Gasteiger partial charge is 0.453 e. The van der Waals surface area contributed by atoms with E-state index in [4.69, 9.17) is 0 Å². The molecule has 10 heteroatoms. The molecule has 1 saturated heterocycles. The van der Waals surface area contributed by atoms with Gasteiger partial charge < -0.3 is 9.80 Å². The Morgan fingerprint density at radius 1 is 1.19 bits per heavy atom. The molecule has 1 aliphatic rings. The van der Waals surface area contributed by atoms with Gasteiger partial charge in [0.25, 0.3) is 5.82 Å². The minimum absolute atomic E-state index is 0.0390. The molecule has 2 aromatic heterocycles. The van der Waals surface area contributed by atoms with Crippen LogP contribution in [-0.4, -0.2) is 56.8 Å². The van der Waals surface area contributed by atoms with Crippen LogP contribution in [0.2, 0.25) is 0 Å². The Bertz CT molecular complexity index is 803. The molecule has 2 aromatic rings. The summed E-state index contributed by atoms with van der Waals surface area (Å²) >= 11 is 0. The van der Waals surface area contributed by atoms with Crippen molar-refractivity contribution in [2.75, 3.05) is 31.1 Å². The van der Waals surface area contributed by atoms with Gasteiger partial charge in [0.05, 0.1) is 0 Å². The lowest BCUT2D eigenvalue weighted by Crippen LogP contribution is -2.35. The highest BCUT2D eigenvalue weighted by atomic mass is 19.4. The zero-order chi connectivity index (χ0) is 18.7. The third-order valence-electron chi connectivity index (χ3n) is 4.24. The number of rotatable bonds is 4. The minimum atomic E-state index is -4.63. The van der Waals surface area contributed by atoms with Gasteiger partial charge in [-0.1, -0.05) is 6.08 Å². The van der Waals surface area contributed by atoms with Gasteiger partial charge in [-0.15, -0.1) is 21.9 Å². The second-order valence-corrected chi connectivity index (χ2v) is 6.03. The van der Waals surface area contributed by atoms with Crippen molar-refractivity contribution in [1.82, 2.24) is 24.7 Å². The van der Waals surface area contributed by atoms with Gasteiger partial charge in [0, 0.05) is 32.6 Å². The van der Waals surface area contributed by atoms with Crippen LogP contribution in [0, 0.1) is 0 Å². The van der Waals surface area contributed by atoms with E-state index in [-0.39, 0.29) is 11.6 Å². The fourth-order valence-corrected chi connectivity index (χ4v) is 2.90. The van der Waals surface area contributed by atoms with Gasteiger partial charge in [0.2, 0.25) is 5.91 Å². The Labute approximate surface area is 148 Å². The fourth-order valence-electron chi connectivity index (χ4n) is 2.90. The third kappa shape index (κ3) is 3.78. The Balaban J connectivity index is 1.77. The molecular weight excluding hydrogens is 349 g/mol. The molecule has 0 unspecified atom stereocenters. The van der Waals surface area contributed by atoms with E-state index in [2.05, 4.69) is 21.9 Å². The van der Waals surface area contributed by atoms with Crippen LogP contribution in [0.4, 0.5) is 19.0 Å². The second-order valence-electron chi connectivity index (χ2n) is 6.03. The van der Waals surface area contributed by atoms with Crippen molar-refractivity contribution >= 4 is 17.4 Å². The standard InChI is InChI=1S/C16H19F3N6O/c1-2-3-5-14(26)24-9-4-8-23(10-11-24)13-7-6-12-20-21-15(16(17,18)19)25(12)22-13/h2,6-7H,1,3-5,8-11H2. The number of hydrogen-bond acceptors (Lipinski definition) is 5. The molecular formula is C16H19F3N6O. The predicted octanol–water partition coefficient (Wildman–Crippen LogP) is 2.15. The molecule has 0 radical (unpaired) electrons. The van der Waals surface area contributed by atoms with Gasteiger partial charge in [-0.05, 0) is 25.0 Å². The molecule has 3 rings (SSSR count). The maximum absolute atomic E-state index is 13.0. The van der Waals surface area contributed by atoms with Crippen LogP contribution < -0.4 is 4.90 Å². The summed E-state index contributed by atoms with van der Waals surface area (Å²) in [6, 6.07) is 3.09. The quantitative estimate of drug-likeness (QED) is 0.774. The van der Waals surface area contributed by atoms with Gasteiger partial charge in [-0.3, -0.25) is 4.79 Å². The Kier molecular flexibility index (Phi) is 5.10. The number of allylic oxidation sites excluding steroid dienone is 1. The Hall–Kier alpha value is -2.65. The van der Waals surface area contributed by atoms with Crippen LogP contribution in [0.1, 0.15) is 25.1 Å². The third-order valence-corrected chi connectivity index (χ3v) is 4.24. The van der Waals surface area contributed by atoms with E-state index in [1.807, 2.05) is 4.90 Å². The second kappa shape index (κ2) is 7.30. The molecule has 140 valence electrons. The molecule has 0 saturated carbocycles. The number of halogens is 3. The smallest absolute Gasteiger partial charge is 0.353 e. The minimum Gasteiger partial charge on any atom is -0.353 e. The summed E-state index contributed by atoms with van der Waals surface area (Å²) in [4.78, 5) is 15.8. The molecule has 7 nitrogen and oxygen atoms in total. The number of carbonyl (C=O) groups is 1. The molecule has 0 spiro atoms. The molecule has 26 heavy (non-hydrogen) atoms. The number of hydrogen-bond donors (Lipinski definition) is 0. The number of carbonyl (C=O) groups excluding carboxylic acids is 1. The van der Waals surface area contributed by atoms with E-state index < -0.39 is 12.0 Å². The molecule has 1 aliphatic heterocycles. The van der Waals surface area contributed by atoms with Gasteiger partial charge in [0.15, 0.2) is 5.65 Å². The highest BCUT2D eigenvalue weighted by Crippen LogP contribution is 2.28. The van der Waals surface area contributed by atoms with E-state index in [1.165, 1.54) is 6.07 Å². The number of alkyl halides is 3. The molecule has 0 atom stereocenters. The number of amides is 1. The van der Waals surface area contributed by atoms with Gasteiger partial charge in [-0.2, -0.15) is 17.7 Å². The fraction of sp³-hybridized carbons (Fsp3) is 0.500. The van der Waals surface area contributed by atoms with E-state index in [9.17, 15) is 18.0 Å². The van der Waals surface area contributed by atoms with E-state index in [0.29, 0.717) is 55.8 Å². The van der Waals surface area contributed by atoms with Crippen LogP contribution in [0.15, 0.2) is 24.8 Å². The van der Waals surface area contributed by atoms with Crippen LogP contribution in [0.25, 0.3) is 5.65 Å². The Morgan fingerprint density at radius 3 is 2.73 bits per heavy atom. The maximum atomic E-state index is 13.0. The van der Waals surface area contributed by atoms with E-state index >= 15 is 0 Å². The van der Waals surface area contributed by atoms with Crippen molar-refractivity contribution in [1.29, 1.82) is 0 Å². The molecule has 0 N–H and O–H groups in total. The SMILES string of the molecule is C=CCCC(=O)N1CCCN(c2ccc3nnc(C(F)(F)F)n3n2)CC1. The lowest BCUT2D eigenvalue weighted by atomic mass is 10.2.